The molecule has 1 N–H and O–H groups in total. The number of ketones is 1. The number of nitriles is 1. The Morgan fingerprint density at radius 2 is 1.63 bits per heavy atom. The maximum atomic E-state index is 13.7. The summed E-state index contributed by atoms with van der Waals surface area (Å²) in [5.74, 6) is -0.831. The number of benzene rings is 2. The molecule has 2 saturated carbocycles. The summed E-state index contributed by atoms with van der Waals surface area (Å²) in [6.45, 7) is 1.79. The first kappa shape index (κ1) is 25.5. The van der Waals surface area contributed by atoms with Gasteiger partial charge in [0.1, 0.15) is 5.60 Å². The summed E-state index contributed by atoms with van der Waals surface area (Å²) in [5, 5.41) is 19.4. The van der Waals surface area contributed by atoms with Gasteiger partial charge in [-0.3, -0.25) is 4.79 Å². The predicted molar refractivity (Wildman–Crippen MR) is 132 cm³/mol. The van der Waals surface area contributed by atoms with E-state index < -0.39 is 11.5 Å². The molecular formula is C30H35F2NO2. The van der Waals surface area contributed by atoms with Gasteiger partial charge in [0.25, 0.3) is 5.92 Å². The van der Waals surface area contributed by atoms with Crippen LogP contribution >= 0.6 is 0 Å². The quantitative estimate of drug-likeness (QED) is 0.382. The van der Waals surface area contributed by atoms with Crippen LogP contribution in [0, 0.1) is 29.1 Å². The Kier molecular flexibility index (Phi) is 7.43. The normalized spacial score (nSPS) is 23.2. The average molecular weight is 480 g/mol. The summed E-state index contributed by atoms with van der Waals surface area (Å²) in [7, 11) is 0. The fraction of sp³-hybridized carbons (Fsp3) is 0.533. The Labute approximate surface area is 207 Å². The predicted octanol–water partition coefficient (Wildman–Crippen LogP) is 7.38. The fourth-order valence-electron chi connectivity index (χ4n) is 5.80. The smallest absolute Gasteiger partial charge is 0.277 e. The zero-order valence-electron chi connectivity index (χ0n) is 20.6. The van der Waals surface area contributed by atoms with Crippen molar-refractivity contribution in [1.29, 1.82) is 5.26 Å². The number of rotatable bonds is 9. The average Bonchev–Trinajstić information content (AvgIpc) is 3.69. The van der Waals surface area contributed by atoms with Crippen molar-refractivity contribution in [2.24, 2.45) is 17.8 Å². The molecule has 2 aromatic carbocycles. The van der Waals surface area contributed by atoms with Crippen LogP contribution in [0.5, 0.6) is 0 Å². The summed E-state index contributed by atoms with van der Waals surface area (Å²) in [4.78, 5) is 12.9. The molecule has 0 saturated heterocycles. The van der Waals surface area contributed by atoms with E-state index in [0.717, 1.165) is 50.5 Å². The number of carbonyl (C=O) groups is 1. The van der Waals surface area contributed by atoms with E-state index in [4.69, 9.17) is 0 Å². The van der Waals surface area contributed by atoms with Crippen molar-refractivity contribution in [3.8, 4) is 6.07 Å². The maximum absolute atomic E-state index is 13.7. The largest absolute Gasteiger partial charge is 0.379 e. The fourth-order valence-corrected chi connectivity index (χ4v) is 5.80. The molecule has 0 spiro atoms. The van der Waals surface area contributed by atoms with Crippen molar-refractivity contribution in [2.75, 3.05) is 0 Å². The summed E-state index contributed by atoms with van der Waals surface area (Å²) in [6, 6.07) is 16.2. The van der Waals surface area contributed by atoms with E-state index in [1.54, 1.807) is 12.1 Å². The van der Waals surface area contributed by atoms with Crippen LogP contribution in [0.3, 0.4) is 0 Å². The van der Waals surface area contributed by atoms with Gasteiger partial charge >= 0.3 is 0 Å². The second-order valence-electron chi connectivity index (χ2n) is 10.9. The van der Waals surface area contributed by atoms with Gasteiger partial charge in [-0.05, 0) is 98.8 Å². The van der Waals surface area contributed by atoms with E-state index in [0.29, 0.717) is 36.7 Å². The summed E-state index contributed by atoms with van der Waals surface area (Å²) in [5.41, 5.74) is 0.331. The lowest BCUT2D eigenvalue weighted by Crippen LogP contribution is -2.40. The Morgan fingerprint density at radius 3 is 2.17 bits per heavy atom. The molecule has 3 nitrogen and oxygen atoms in total. The standard InChI is InChI=1S/C30H35F2NO2/c1-29(35,30(2,31)32)26-14-12-24(13-15-26)28(34)17-16-27(23-10-11-23)22-8-6-21(7-9-22)25-5-3-4-20(18-25)19-33/h3-5,12-15,18,21-23,27,35H,6-11,16-17H2,1-2H3/t21?,22?,27?,29-/m0/s1. The monoisotopic (exact) mass is 479 g/mol. The van der Waals surface area contributed by atoms with Crippen molar-refractivity contribution in [2.45, 2.75) is 82.7 Å². The van der Waals surface area contributed by atoms with Gasteiger partial charge in [-0.25, -0.2) is 8.78 Å². The van der Waals surface area contributed by atoms with Gasteiger partial charge in [0.05, 0.1) is 11.6 Å². The highest BCUT2D eigenvalue weighted by atomic mass is 19.3. The summed E-state index contributed by atoms with van der Waals surface area (Å²) < 4.78 is 27.5. The molecule has 0 amide bonds. The minimum atomic E-state index is -3.28. The van der Waals surface area contributed by atoms with Gasteiger partial charge in [-0.15, -0.1) is 0 Å². The number of halogens is 2. The molecule has 0 aliphatic heterocycles. The molecule has 35 heavy (non-hydrogen) atoms. The van der Waals surface area contributed by atoms with Crippen molar-refractivity contribution >= 4 is 5.78 Å². The highest BCUT2D eigenvalue weighted by Crippen LogP contribution is 2.49. The molecule has 2 atom stereocenters. The zero-order chi connectivity index (χ0) is 25.2. The Balaban J connectivity index is 1.33. The minimum absolute atomic E-state index is 0.0344. The van der Waals surface area contributed by atoms with Crippen LogP contribution in [0.4, 0.5) is 8.78 Å². The molecule has 1 unspecified atom stereocenters. The summed E-state index contributed by atoms with van der Waals surface area (Å²) >= 11 is 0. The van der Waals surface area contributed by atoms with Crippen LogP contribution in [0.1, 0.15) is 98.2 Å². The van der Waals surface area contributed by atoms with Crippen molar-refractivity contribution in [3.05, 3.63) is 70.8 Å². The molecule has 5 heteroatoms. The maximum Gasteiger partial charge on any atom is 0.277 e. The second-order valence-corrected chi connectivity index (χ2v) is 10.9. The lowest BCUT2D eigenvalue weighted by molar-refractivity contribution is -0.165. The van der Waals surface area contributed by atoms with Crippen LogP contribution < -0.4 is 0 Å². The molecule has 4 rings (SSSR count). The minimum Gasteiger partial charge on any atom is -0.379 e. The third kappa shape index (κ3) is 5.81. The van der Waals surface area contributed by atoms with Crippen LogP contribution in [0.2, 0.25) is 0 Å². The zero-order valence-corrected chi connectivity index (χ0v) is 20.6. The first-order chi connectivity index (χ1) is 16.6. The molecule has 0 radical (unpaired) electrons. The number of hydrogen-bond acceptors (Lipinski definition) is 3. The molecule has 0 heterocycles. The molecule has 2 aliphatic carbocycles. The molecule has 2 aliphatic rings. The van der Waals surface area contributed by atoms with E-state index in [2.05, 4.69) is 12.1 Å². The highest BCUT2D eigenvalue weighted by Gasteiger charge is 2.46. The number of alkyl halides is 2. The van der Waals surface area contributed by atoms with Crippen LogP contribution in [0.25, 0.3) is 0 Å². The van der Waals surface area contributed by atoms with E-state index in [1.165, 1.54) is 30.5 Å². The van der Waals surface area contributed by atoms with Gasteiger partial charge in [0.15, 0.2) is 5.78 Å². The van der Waals surface area contributed by atoms with Gasteiger partial charge in [-0.1, -0.05) is 36.4 Å². The SMILES string of the molecule is CC(F)(F)[C@@](C)(O)c1ccc(C(=O)CCC(C2CCC(c3cccc(C#N)c3)CC2)C2CC2)cc1. The Hall–Kier alpha value is -2.58. The molecule has 186 valence electrons. The van der Waals surface area contributed by atoms with Gasteiger partial charge in [0.2, 0.25) is 0 Å². The van der Waals surface area contributed by atoms with Crippen LogP contribution in [-0.2, 0) is 5.60 Å². The van der Waals surface area contributed by atoms with E-state index in [-0.39, 0.29) is 11.3 Å². The van der Waals surface area contributed by atoms with E-state index in [9.17, 15) is 23.9 Å². The second kappa shape index (κ2) is 10.2. The number of aliphatic hydroxyl groups is 1. The van der Waals surface area contributed by atoms with Crippen LogP contribution in [-0.4, -0.2) is 16.8 Å². The number of nitrogens with zero attached hydrogens (tertiary/aromatic N) is 1. The first-order valence-corrected chi connectivity index (χ1v) is 12.8. The van der Waals surface area contributed by atoms with Crippen molar-refractivity contribution < 1.29 is 18.7 Å². The topological polar surface area (TPSA) is 61.1 Å². The van der Waals surface area contributed by atoms with Gasteiger partial charge in [-0.2, -0.15) is 5.26 Å². The molecule has 0 aromatic heterocycles. The number of Topliss-reactive ketones (excluding diaryl/α,β-unsaturated/α-hetero) is 1. The van der Waals surface area contributed by atoms with Crippen LogP contribution in [0.15, 0.2) is 48.5 Å². The van der Waals surface area contributed by atoms with Crippen molar-refractivity contribution in [1.82, 2.24) is 0 Å². The third-order valence-corrected chi connectivity index (χ3v) is 8.42. The molecular weight excluding hydrogens is 444 g/mol. The molecule has 2 fully saturated rings. The van der Waals surface area contributed by atoms with Gasteiger partial charge in [0, 0.05) is 18.9 Å². The van der Waals surface area contributed by atoms with E-state index >= 15 is 0 Å². The Bertz CT molecular complexity index is 1070. The Morgan fingerprint density at radius 1 is 1.03 bits per heavy atom. The third-order valence-electron chi connectivity index (χ3n) is 8.42. The van der Waals surface area contributed by atoms with Crippen molar-refractivity contribution in [3.63, 3.8) is 0 Å². The van der Waals surface area contributed by atoms with Gasteiger partial charge < -0.3 is 5.11 Å². The lowest BCUT2D eigenvalue weighted by atomic mass is 9.71. The molecule has 0 bridgehead atoms. The highest BCUT2D eigenvalue weighted by molar-refractivity contribution is 5.96. The summed E-state index contributed by atoms with van der Waals surface area (Å²) in [6.07, 6.45) is 8.40. The molecule has 2 aromatic rings. The number of hydrogen-bond donors (Lipinski definition) is 1. The number of carbonyl (C=O) groups excluding carboxylic acids is 1. The lowest BCUT2D eigenvalue weighted by Gasteiger charge is -2.34. The first-order valence-electron chi connectivity index (χ1n) is 12.8. The van der Waals surface area contributed by atoms with E-state index in [1.807, 2.05) is 18.2 Å².